The van der Waals surface area contributed by atoms with Crippen LogP contribution in [0.15, 0.2) is 108 Å². The van der Waals surface area contributed by atoms with Crippen molar-refractivity contribution < 1.29 is 19.0 Å². The molecule has 0 aliphatic carbocycles. The average Bonchev–Trinajstić information content (AvgIpc) is 2.93. The van der Waals surface area contributed by atoms with E-state index in [1.807, 2.05) is 54.7 Å². The molecule has 0 fully saturated rings. The Labute approximate surface area is 217 Å². The van der Waals surface area contributed by atoms with Crippen molar-refractivity contribution in [1.82, 2.24) is 4.57 Å². The largest absolute Gasteiger partial charge is 0.493 e. The third-order valence-corrected chi connectivity index (χ3v) is 5.89. The molecule has 0 unspecified atom stereocenters. The SMILES string of the molecule is CCOC(=O)COc1cccc(OCCCn2cc(C(c3ccccc3)c3ccccc3)ccc2=O)c1. The fraction of sp³-hybridized carbons (Fsp3) is 0.226. The van der Waals surface area contributed by atoms with Gasteiger partial charge in [0.05, 0.1) is 13.2 Å². The first kappa shape index (κ1) is 25.8. The molecule has 0 saturated heterocycles. The average molecular weight is 498 g/mol. The Morgan fingerprint density at radius 2 is 1.43 bits per heavy atom. The molecule has 0 saturated carbocycles. The highest BCUT2D eigenvalue weighted by molar-refractivity contribution is 5.71. The molecule has 0 aliphatic heterocycles. The van der Waals surface area contributed by atoms with Gasteiger partial charge in [-0.2, -0.15) is 0 Å². The quantitative estimate of drug-likeness (QED) is 0.193. The van der Waals surface area contributed by atoms with Gasteiger partial charge in [-0.3, -0.25) is 4.79 Å². The van der Waals surface area contributed by atoms with E-state index in [0.29, 0.717) is 37.7 Å². The highest BCUT2D eigenvalue weighted by Crippen LogP contribution is 2.31. The van der Waals surface area contributed by atoms with Gasteiger partial charge in [-0.15, -0.1) is 0 Å². The molecule has 37 heavy (non-hydrogen) atoms. The third-order valence-electron chi connectivity index (χ3n) is 5.89. The Morgan fingerprint density at radius 3 is 2.08 bits per heavy atom. The van der Waals surface area contributed by atoms with Crippen molar-refractivity contribution in [2.75, 3.05) is 19.8 Å². The number of rotatable bonds is 12. The van der Waals surface area contributed by atoms with E-state index in [2.05, 4.69) is 24.3 Å². The molecule has 0 N–H and O–H groups in total. The van der Waals surface area contributed by atoms with Crippen molar-refractivity contribution in [1.29, 1.82) is 0 Å². The maximum atomic E-state index is 12.6. The normalized spacial score (nSPS) is 10.8. The lowest BCUT2D eigenvalue weighted by Gasteiger charge is -2.20. The lowest BCUT2D eigenvalue weighted by atomic mass is 9.86. The van der Waals surface area contributed by atoms with Crippen LogP contribution in [0, 0.1) is 0 Å². The van der Waals surface area contributed by atoms with Crippen LogP contribution in [0.5, 0.6) is 11.5 Å². The van der Waals surface area contributed by atoms with E-state index >= 15 is 0 Å². The van der Waals surface area contributed by atoms with E-state index < -0.39 is 5.97 Å². The van der Waals surface area contributed by atoms with E-state index in [9.17, 15) is 9.59 Å². The Hall–Kier alpha value is -4.32. The zero-order valence-electron chi connectivity index (χ0n) is 20.9. The summed E-state index contributed by atoms with van der Waals surface area (Å²) in [6.07, 6.45) is 2.61. The second kappa shape index (κ2) is 13.1. The summed E-state index contributed by atoms with van der Waals surface area (Å²) in [6, 6.07) is 31.3. The van der Waals surface area contributed by atoms with Crippen LogP contribution in [0.25, 0.3) is 0 Å². The zero-order valence-corrected chi connectivity index (χ0v) is 20.9. The van der Waals surface area contributed by atoms with E-state index in [0.717, 1.165) is 5.56 Å². The van der Waals surface area contributed by atoms with E-state index in [-0.39, 0.29) is 18.1 Å². The van der Waals surface area contributed by atoms with Crippen molar-refractivity contribution in [3.8, 4) is 11.5 Å². The maximum Gasteiger partial charge on any atom is 0.344 e. The smallest absolute Gasteiger partial charge is 0.344 e. The summed E-state index contributed by atoms with van der Waals surface area (Å²) in [4.78, 5) is 24.1. The number of carbonyl (C=O) groups excluding carboxylic acids is 1. The van der Waals surface area contributed by atoms with Gasteiger partial charge in [0.25, 0.3) is 5.56 Å². The number of esters is 1. The van der Waals surface area contributed by atoms with Gasteiger partial charge >= 0.3 is 5.97 Å². The minimum absolute atomic E-state index is 0.0304. The highest BCUT2D eigenvalue weighted by atomic mass is 16.6. The Balaban J connectivity index is 1.40. The van der Waals surface area contributed by atoms with Crippen molar-refractivity contribution >= 4 is 5.97 Å². The number of pyridine rings is 1. The summed E-state index contributed by atoms with van der Waals surface area (Å²) >= 11 is 0. The highest BCUT2D eigenvalue weighted by Gasteiger charge is 2.17. The molecule has 4 rings (SSSR count). The predicted molar refractivity (Wildman–Crippen MR) is 143 cm³/mol. The molecule has 3 aromatic carbocycles. The second-order valence-corrected chi connectivity index (χ2v) is 8.52. The molecule has 1 aromatic heterocycles. The second-order valence-electron chi connectivity index (χ2n) is 8.52. The Kier molecular flexibility index (Phi) is 9.13. The van der Waals surface area contributed by atoms with Crippen molar-refractivity contribution in [3.63, 3.8) is 0 Å². The topological polar surface area (TPSA) is 66.8 Å². The minimum atomic E-state index is -0.414. The van der Waals surface area contributed by atoms with Gasteiger partial charge in [0, 0.05) is 30.8 Å². The fourth-order valence-corrected chi connectivity index (χ4v) is 4.19. The van der Waals surface area contributed by atoms with Crippen LogP contribution in [0.3, 0.4) is 0 Å². The van der Waals surface area contributed by atoms with Crippen molar-refractivity contribution in [2.24, 2.45) is 0 Å². The van der Waals surface area contributed by atoms with Gasteiger partial charge in [0.2, 0.25) is 0 Å². The summed E-state index contributed by atoms with van der Waals surface area (Å²) in [6.45, 7) is 2.88. The molecule has 6 heteroatoms. The first-order chi connectivity index (χ1) is 18.1. The van der Waals surface area contributed by atoms with Crippen LogP contribution in [0.2, 0.25) is 0 Å². The van der Waals surface area contributed by atoms with Gasteiger partial charge in [0.15, 0.2) is 6.61 Å². The van der Waals surface area contributed by atoms with Crippen LogP contribution in [0.1, 0.15) is 36.0 Å². The predicted octanol–water partition coefficient (Wildman–Crippen LogP) is 5.44. The van der Waals surface area contributed by atoms with E-state index in [1.165, 1.54) is 11.1 Å². The molecule has 6 nitrogen and oxygen atoms in total. The van der Waals surface area contributed by atoms with Gasteiger partial charge in [0.1, 0.15) is 11.5 Å². The van der Waals surface area contributed by atoms with Crippen LogP contribution >= 0.6 is 0 Å². The van der Waals surface area contributed by atoms with Crippen LogP contribution < -0.4 is 15.0 Å². The lowest BCUT2D eigenvalue weighted by molar-refractivity contribution is -0.145. The lowest BCUT2D eigenvalue weighted by Crippen LogP contribution is -2.21. The first-order valence-corrected chi connectivity index (χ1v) is 12.5. The summed E-state index contributed by atoms with van der Waals surface area (Å²) in [5.74, 6) is 0.782. The third kappa shape index (κ3) is 7.34. The van der Waals surface area contributed by atoms with Crippen molar-refractivity contribution in [3.05, 3.63) is 130 Å². The van der Waals surface area contributed by atoms with Gasteiger partial charge < -0.3 is 18.8 Å². The molecule has 190 valence electrons. The molecular weight excluding hydrogens is 466 g/mol. The zero-order chi connectivity index (χ0) is 25.9. The summed E-state index contributed by atoms with van der Waals surface area (Å²) in [5.41, 5.74) is 3.36. The first-order valence-electron chi connectivity index (χ1n) is 12.5. The fourth-order valence-electron chi connectivity index (χ4n) is 4.19. The standard InChI is InChI=1S/C31H31NO5/c1-2-35-30(34)23-37-28-16-9-15-27(21-28)36-20-10-19-32-22-26(17-18-29(32)33)31(24-11-5-3-6-12-24)25-13-7-4-8-14-25/h3-9,11-18,21-22,31H,2,10,19-20,23H2,1H3. The number of aromatic nitrogens is 1. The minimum Gasteiger partial charge on any atom is -0.493 e. The molecule has 0 bridgehead atoms. The number of aryl methyl sites for hydroxylation is 1. The van der Waals surface area contributed by atoms with E-state index in [1.54, 1.807) is 35.8 Å². The Bertz CT molecular complexity index is 1300. The monoisotopic (exact) mass is 497 g/mol. The van der Waals surface area contributed by atoms with Crippen LogP contribution in [-0.4, -0.2) is 30.4 Å². The van der Waals surface area contributed by atoms with Gasteiger partial charge in [-0.05, 0) is 42.2 Å². The van der Waals surface area contributed by atoms with Gasteiger partial charge in [-0.1, -0.05) is 72.8 Å². The number of carbonyl (C=O) groups is 1. The summed E-state index contributed by atoms with van der Waals surface area (Å²) in [7, 11) is 0. The number of hydrogen-bond donors (Lipinski definition) is 0. The molecule has 0 atom stereocenters. The van der Waals surface area contributed by atoms with Crippen LogP contribution in [0.4, 0.5) is 0 Å². The van der Waals surface area contributed by atoms with Gasteiger partial charge in [-0.25, -0.2) is 4.79 Å². The van der Waals surface area contributed by atoms with E-state index in [4.69, 9.17) is 14.2 Å². The number of nitrogens with zero attached hydrogens (tertiary/aromatic N) is 1. The van der Waals surface area contributed by atoms with Crippen molar-refractivity contribution in [2.45, 2.75) is 25.8 Å². The number of hydrogen-bond acceptors (Lipinski definition) is 5. The molecule has 0 amide bonds. The van der Waals surface area contributed by atoms with Crippen LogP contribution in [-0.2, 0) is 16.1 Å². The summed E-state index contributed by atoms with van der Waals surface area (Å²) < 4.78 is 17.9. The maximum absolute atomic E-state index is 12.6. The molecule has 0 aliphatic rings. The molecular formula is C31H31NO5. The number of benzene rings is 3. The molecule has 1 heterocycles. The Morgan fingerprint density at radius 1 is 0.784 bits per heavy atom. The summed E-state index contributed by atoms with van der Waals surface area (Å²) in [5, 5.41) is 0. The molecule has 0 spiro atoms. The molecule has 0 radical (unpaired) electrons. The molecule has 4 aromatic rings. The number of ether oxygens (including phenoxy) is 3.